The molecule has 1 fully saturated rings. The molecule has 0 unspecified atom stereocenters. The van der Waals surface area contributed by atoms with E-state index >= 15 is 0 Å². The van der Waals surface area contributed by atoms with Crippen LogP contribution in [-0.4, -0.2) is 30.3 Å². The highest BCUT2D eigenvalue weighted by Gasteiger charge is 2.14. The van der Waals surface area contributed by atoms with E-state index in [0.717, 1.165) is 32.4 Å². The molecule has 1 aliphatic rings. The van der Waals surface area contributed by atoms with Crippen molar-refractivity contribution >= 4 is 5.78 Å². The van der Waals surface area contributed by atoms with Crippen molar-refractivity contribution in [3.05, 3.63) is 12.7 Å². The van der Waals surface area contributed by atoms with Crippen LogP contribution in [-0.2, 0) is 4.79 Å². The Morgan fingerprint density at radius 2 is 1.93 bits per heavy atom. The summed E-state index contributed by atoms with van der Waals surface area (Å²) in [4.78, 5) is 13.4. The third-order valence-electron chi connectivity index (χ3n) is 2.80. The van der Waals surface area contributed by atoms with E-state index in [-0.39, 0.29) is 0 Å². The first-order chi connectivity index (χ1) is 6.83. The van der Waals surface area contributed by atoms with Gasteiger partial charge >= 0.3 is 0 Å². The summed E-state index contributed by atoms with van der Waals surface area (Å²) in [5, 5.41) is 0. The minimum Gasteiger partial charge on any atom is -0.302 e. The first-order valence-electron chi connectivity index (χ1n) is 5.68. The molecule has 0 atom stereocenters. The average Bonchev–Trinajstić information content (AvgIpc) is 2.21. The number of Topliss-reactive ketones (excluding diaryl/α,β-unsaturated/α-hetero) is 1. The van der Waals surface area contributed by atoms with E-state index in [1.807, 2.05) is 6.08 Å². The number of carbonyl (C=O) groups excluding carboxylic acids is 1. The number of likely N-dealkylation sites (tertiary alicyclic amines) is 1. The summed E-state index contributed by atoms with van der Waals surface area (Å²) in [5.41, 5.74) is 0. The Morgan fingerprint density at radius 3 is 2.57 bits per heavy atom. The third-order valence-corrected chi connectivity index (χ3v) is 2.80. The van der Waals surface area contributed by atoms with Gasteiger partial charge < -0.3 is 4.90 Å². The molecule has 14 heavy (non-hydrogen) atoms. The van der Waals surface area contributed by atoms with E-state index in [1.165, 1.54) is 25.8 Å². The molecule has 2 heteroatoms. The lowest BCUT2D eigenvalue weighted by Crippen LogP contribution is -2.34. The minimum atomic E-state index is 0.438. The van der Waals surface area contributed by atoms with E-state index in [1.54, 1.807) is 0 Å². The van der Waals surface area contributed by atoms with Crippen LogP contribution in [0.5, 0.6) is 0 Å². The molecule has 0 amide bonds. The summed E-state index contributed by atoms with van der Waals surface area (Å²) in [7, 11) is 0. The Morgan fingerprint density at radius 1 is 1.21 bits per heavy atom. The van der Waals surface area contributed by atoms with E-state index in [9.17, 15) is 4.79 Å². The smallest absolute Gasteiger partial charge is 0.135 e. The minimum absolute atomic E-state index is 0.438. The fourth-order valence-corrected chi connectivity index (χ4v) is 1.83. The summed E-state index contributed by atoms with van der Waals surface area (Å²) in [6, 6.07) is 0. The van der Waals surface area contributed by atoms with Crippen LogP contribution in [0, 0.1) is 0 Å². The molecule has 0 aromatic heterocycles. The Bertz CT molecular complexity index is 179. The third kappa shape index (κ3) is 4.56. The lowest BCUT2D eigenvalue weighted by atomic mass is 10.1. The Hall–Kier alpha value is -0.630. The molecule has 0 aromatic rings. The van der Waals surface area contributed by atoms with Crippen molar-refractivity contribution in [1.82, 2.24) is 4.90 Å². The zero-order valence-electron chi connectivity index (χ0n) is 9.00. The van der Waals surface area contributed by atoms with Gasteiger partial charge in [0.05, 0.1) is 0 Å². The van der Waals surface area contributed by atoms with E-state index < -0.39 is 0 Å². The van der Waals surface area contributed by atoms with E-state index in [4.69, 9.17) is 0 Å². The normalized spacial score (nSPS) is 18.4. The molecule has 0 aromatic carbocycles. The summed E-state index contributed by atoms with van der Waals surface area (Å²) in [5.74, 6) is 0.438. The number of hydrogen-bond acceptors (Lipinski definition) is 2. The zero-order chi connectivity index (χ0) is 10.2. The van der Waals surface area contributed by atoms with E-state index in [0.29, 0.717) is 5.78 Å². The van der Waals surface area contributed by atoms with Gasteiger partial charge in [-0.05, 0) is 25.8 Å². The van der Waals surface area contributed by atoms with Gasteiger partial charge in [-0.15, -0.1) is 6.58 Å². The topological polar surface area (TPSA) is 20.3 Å². The number of nitrogens with zero attached hydrogens (tertiary/aromatic N) is 1. The molecule has 0 aliphatic carbocycles. The van der Waals surface area contributed by atoms with Gasteiger partial charge in [-0.1, -0.05) is 12.5 Å². The molecule has 1 heterocycles. The predicted molar refractivity (Wildman–Crippen MR) is 59.3 cm³/mol. The lowest BCUT2D eigenvalue weighted by molar-refractivity contribution is -0.121. The molecule has 80 valence electrons. The molecule has 0 bridgehead atoms. The first-order valence-corrected chi connectivity index (χ1v) is 5.68. The zero-order valence-corrected chi connectivity index (χ0v) is 9.00. The Kier molecular flexibility index (Phi) is 5.53. The number of ketones is 1. The van der Waals surface area contributed by atoms with Crippen LogP contribution in [0.1, 0.15) is 38.5 Å². The predicted octanol–water partition coefficient (Wildman–Crippen LogP) is 2.40. The maximum absolute atomic E-state index is 11.0. The molecule has 0 spiro atoms. The van der Waals surface area contributed by atoms with Gasteiger partial charge in [-0.25, -0.2) is 0 Å². The second-order valence-corrected chi connectivity index (χ2v) is 4.02. The largest absolute Gasteiger partial charge is 0.302 e. The average molecular weight is 195 g/mol. The Labute approximate surface area is 87.0 Å². The summed E-state index contributed by atoms with van der Waals surface area (Å²) < 4.78 is 0. The standard InChI is InChI=1S/C12H21NO/c1-2-3-4-5-6-9-13-10-7-12(14)8-11-13/h2H,1,3-11H2. The SMILES string of the molecule is C=CCCCCCN1CCC(=O)CC1. The van der Waals surface area contributed by atoms with Crippen LogP contribution >= 0.6 is 0 Å². The van der Waals surface area contributed by atoms with E-state index in [2.05, 4.69) is 11.5 Å². The quantitative estimate of drug-likeness (QED) is 0.479. The van der Waals surface area contributed by atoms with Crippen molar-refractivity contribution in [2.75, 3.05) is 19.6 Å². The van der Waals surface area contributed by atoms with Crippen LogP contribution in [0.2, 0.25) is 0 Å². The molecule has 0 saturated carbocycles. The van der Waals surface area contributed by atoms with Crippen molar-refractivity contribution in [3.63, 3.8) is 0 Å². The van der Waals surface area contributed by atoms with Crippen molar-refractivity contribution in [2.24, 2.45) is 0 Å². The van der Waals surface area contributed by atoms with Crippen LogP contribution in [0.4, 0.5) is 0 Å². The van der Waals surface area contributed by atoms with Crippen LogP contribution in [0.15, 0.2) is 12.7 Å². The number of carbonyl (C=O) groups is 1. The fourth-order valence-electron chi connectivity index (χ4n) is 1.83. The van der Waals surface area contributed by atoms with Gasteiger partial charge in [0, 0.05) is 25.9 Å². The highest BCUT2D eigenvalue weighted by molar-refractivity contribution is 5.79. The fraction of sp³-hybridized carbons (Fsp3) is 0.750. The van der Waals surface area contributed by atoms with Gasteiger partial charge in [0.25, 0.3) is 0 Å². The number of rotatable bonds is 6. The molecule has 1 saturated heterocycles. The highest BCUT2D eigenvalue weighted by atomic mass is 16.1. The van der Waals surface area contributed by atoms with Crippen LogP contribution in [0.3, 0.4) is 0 Å². The van der Waals surface area contributed by atoms with Crippen LogP contribution < -0.4 is 0 Å². The van der Waals surface area contributed by atoms with Gasteiger partial charge in [0.1, 0.15) is 5.78 Å². The molecule has 2 nitrogen and oxygen atoms in total. The number of hydrogen-bond donors (Lipinski definition) is 0. The maximum Gasteiger partial charge on any atom is 0.135 e. The highest BCUT2D eigenvalue weighted by Crippen LogP contribution is 2.08. The number of piperidine rings is 1. The summed E-state index contributed by atoms with van der Waals surface area (Å²) in [6.45, 7) is 6.85. The first kappa shape index (κ1) is 11.4. The second kappa shape index (κ2) is 6.77. The van der Waals surface area contributed by atoms with Crippen molar-refractivity contribution in [2.45, 2.75) is 38.5 Å². The molecule has 1 aliphatic heterocycles. The Balaban J connectivity index is 1.96. The molecule has 0 radical (unpaired) electrons. The molecule has 1 rings (SSSR count). The van der Waals surface area contributed by atoms with Gasteiger partial charge in [0.15, 0.2) is 0 Å². The van der Waals surface area contributed by atoms with Crippen molar-refractivity contribution in [3.8, 4) is 0 Å². The lowest BCUT2D eigenvalue weighted by Gasteiger charge is -2.25. The monoisotopic (exact) mass is 195 g/mol. The maximum atomic E-state index is 11.0. The van der Waals surface area contributed by atoms with Gasteiger partial charge in [-0.2, -0.15) is 0 Å². The summed E-state index contributed by atoms with van der Waals surface area (Å²) >= 11 is 0. The molecular formula is C12H21NO. The van der Waals surface area contributed by atoms with Gasteiger partial charge in [0.2, 0.25) is 0 Å². The number of allylic oxidation sites excluding steroid dienone is 1. The van der Waals surface area contributed by atoms with Crippen LogP contribution in [0.25, 0.3) is 0 Å². The van der Waals surface area contributed by atoms with Crippen molar-refractivity contribution in [1.29, 1.82) is 0 Å². The van der Waals surface area contributed by atoms with Crippen molar-refractivity contribution < 1.29 is 4.79 Å². The van der Waals surface area contributed by atoms with Gasteiger partial charge in [-0.3, -0.25) is 4.79 Å². The molecular weight excluding hydrogens is 174 g/mol. The second-order valence-electron chi connectivity index (χ2n) is 4.02. The summed E-state index contributed by atoms with van der Waals surface area (Å²) in [6.07, 6.45) is 8.48. The number of unbranched alkanes of at least 4 members (excludes halogenated alkanes) is 3. The molecule has 0 N–H and O–H groups in total.